The van der Waals surface area contributed by atoms with Gasteiger partial charge in [-0.15, -0.1) is 0 Å². The molecule has 5 heterocycles. The van der Waals surface area contributed by atoms with Crippen molar-refractivity contribution < 1.29 is 0 Å². The number of H-pyrrole nitrogens is 2. The van der Waals surface area contributed by atoms with Gasteiger partial charge in [-0.2, -0.15) is 0 Å². The van der Waals surface area contributed by atoms with Crippen LogP contribution >= 0.6 is 63.7 Å². The maximum atomic E-state index is 4.94. The average molecular weight is 718 g/mol. The smallest absolute Gasteiger partial charge is 0.146 e. The van der Waals surface area contributed by atoms with Gasteiger partial charge in [0.25, 0.3) is 0 Å². The Hall–Kier alpha value is -2.00. The van der Waals surface area contributed by atoms with Crippen LogP contribution in [0.15, 0.2) is 93.0 Å². The van der Waals surface area contributed by atoms with Gasteiger partial charge < -0.3 is 9.97 Å². The first-order valence-corrected chi connectivity index (χ1v) is 14.2. The second-order valence-corrected chi connectivity index (χ2v) is 13.7. The number of rotatable bonds is 2. The molecule has 0 amide bonds. The zero-order chi connectivity index (χ0) is 24.2. The van der Waals surface area contributed by atoms with Crippen molar-refractivity contribution in [3.8, 4) is 0 Å². The van der Waals surface area contributed by atoms with Crippen molar-refractivity contribution in [1.82, 2.24) is 9.97 Å². The molecule has 0 aliphatic carbocycles. The lowest BCUT2D eigenvalue weighted by Crippen LogP contribution is -2.24. The zero-order valence-corrected chi connectivity index (χ0v) is 24.5. The van der Waals surface area contributed by atoms with E-state index in [1.165, 1.54) is 11.1 Å². The summed E-state index contributed by atoms with van der Waals surface area (Å²) in [6.45, 7) is 0. The monoisotopic (exact) mass is 714 g/mol. The number of fused-ring (bicyclic) bond motifs is 6. The number of allylic oxidation sites excluding steroid dienone is 4. The molecule has 1 aromatic carbocycles. The third-order valence-corrected chi connectivity index (χ3v) is 9.59. The maximum Gasteiger partial charge on any atom is 0.146 e. The van der Waals surface area contributed by atoms with Crippen molar-refractivity contribution in [1.29, 1.82) is 0 Å². The molecule has 3 aromatic rings. The average Bonchev–Trinajstić information content (AvgIpc) is 3.65. The van der Waals surface area contributed by atoms with E-state index >= 15 is 0 Å². The van der Waals surface area contributed by atoms with Gasteiger partial charge in [0, 0.05) is 11.0 Å². The molecule has 2 aromatic heterocycles. The Kier molecular flexibility index (Phi) is 6.11. The van der Waals surface area contributed by atoms with Crippen LogP contribution in [0.25, 0.3) is 10.6 Å². The summed E-state index contributed by atoms with van der Waals surface area (Å²) in [6.07, 6.45) is 11.0. The van der Waals surface area contributed by atoms with E-state index in [4.69, 9.17) is 9.98 Å². The van der Waals surface area contributed by atoms with Crippen molar-refractivity contribution >= 4 is 85.7 Å². The Morgan fingerprint density at radius 2 is 1.74 bits per heavy atom. The largest absolute Gasteiger partial charge is 0.356 e. The number of aliphatic imine (C=N–C) groups is 2. The fourth-order valence-electron chi connectivity index (χ4n) is 4.38. The molecule has 1 unspecified atom stereocenters. The molecule has 174 valence electrons. The Morgan fingerprint density at radius 3 is 2.57 bits per heavy atom. The first-order chi connectivity index (χ1) is 16.9. The Balaban J connectivity index is 1.59. The SMILES string of the molecule is BrC1=C2C=CC(=N2)C=c2cc(Cc3ccccc3)c([nH]2)=C(Br)c2ccc([nH]2)C(Br)(Br)C2C=CC1=N2. The molecule has 6 rings (SSSR count). The first-order valence-electron chi connectivity index (χ1n) is 11.0. The van der Waals surface area contributed by atoms with Gasteiger partial charge in [-0.1, -0.05) is 68.3 Å². The number of hydrogen-bond acceptors (Lipinski definition) is 2. The summed E-state index contributed by atoms with van der Waals surface area (Å²) in [5.41, 5.74) is 7.01. The maximum absolute atomic E-state index is 4.94. The van der Waals surface area contributed by atoms with Crippen molar-refractivity contribution in [2.75, 3.05) is 0 Å². The highest BCUT2D eigenvalue weighted by Crippen LogP contribution is 2.45. The summed E-state index contributed by atoms with van der Waals surface area (Å²) in [5, 5.41) is 2.03. The highest BCUT2D eigenvalue weighted by Gasteiger charge is 2.38. The number of alkyl halides is 2. The van der Waals surface area contributed by atoms with Crippen LogP contribution in [0.5, 0.6) is 0 Å². The summed E-state index contributed by atoms with van der Waals surface area (Å²) in [4.78, 5) is 17.0. The topological polar surface area (TPSA) is 56.3 Å². The van der Waals surface area contributed by atoms with Gasteiger partial charge in [0.2, 0.25) is 0 Å². The third-order valence-electron chi connectivity index (χ3n) is 6.16. The minimum absolute atomic E-state index is 0.144. The van der Waals surface area contributed by atoms with Gasteiger partial charge >= 0.3 is 0 Å². The predicted molar refractivity (Wildman–Crippen MR) is 158 cm³/mol. The number of nitrogens with one attached hydrogen (secondary N) is 2. The molecule has 1 atom stereocenters. The van der Waals surface area contributed by atoms with Gasteiger partial charge in [0.05, 0.1) is 43.2 Å². The second-order valence-electron chi connectivity index (χ2n) is 8.54. The molecule has 0 saturated carbocycles. The molecular formula is C27H18Br4N4. The molecule has 0 saturated heterocycles. The second kappa shape index (κ2) is 9.14. The molecule has 0 radical (unpaired) electrons. The lowest BCUT2D eigenvalue weighted by Gasteiger charge is -2.23. The summed E-state index contributed by atoms with van der Waals surface area (Å²) in [6, 6.07) is 16.7. The Bertz CT molecular complexity index is 1610. The van der Waals surface area contributed by atoms with Crippen LogP contribution in [-0.4, -0.2) is 27.4 Å². The van der Waals surface area contributed by atoms with Crippen LogP contribution in [0.2, 0.25) is 0 Å². The fraction of sp³-hybridized carbons (Fsp3) is 0.111. The van der Waals surface area contributed by atoms with Crippen LogP contribution in [-0.2, 0) is 9.65 Å². The van der Waals surface area contributed by atoms with E-state index < -0.39 is 3.23 Å². The highest BCUT2D eigenvalue weighted by molar-refractivity contribution is 9.24. The van der Waals surface area contributed by atoms with E-state index in [1.807, 2.05) is 24.3 Å². The van der Waals surface area contributed by atoms with Crippen LogP contribution in [0, 0.1) is 0 Å². The summed E-state index contributed by atoms with van der Waals surface area (Å²) < 4.78 is 1.26. The number of halogens is 4. The summed E-state index contributed by atoms with van der Waals surface area (Å²) >= 11 is 15.4. The van der Waals surface area contributed by atoms with Crippen LogP contribution in [0.4, 0.5) is 0 Å². The van der Waals surface area contributed by atoms with E-state index in [1.54, 1.807) is 0 Å². The molecule has 4 nitrogen and oxygen atoms in total. The molecule has 0 fully saturated rings. The molecular weight excluding hydrogens is 700 g/mol. The van der Waals surface area contributed by atoms with Gasteiger partial charge in [-0.3, -0.25) is 4.99 Å². The summed E-state index contributed by atoms with van der Waals surface area (Å²) in [5.74, 6) is 0. The molecule has 0 spiro atoms. The third kappa shape index (κ3) is 4.39. The van der Waals surface area contributed by atoms with E-state index in [0.29, 0.717) is 0 Å². The van der Waals surface area contributed by atoms with E-state index in [2.05, 4.69) is 128 Å². The van der Waals surface area contributed by atoms with E-state index in [-0.39, 0.29) is 6.04 Å². The van der Waals surface area contributed by atoms with Crippen LogP contribution in [0.3, 0.4) is 0 Å². The van der Waals surface area contributed by atoms with E-state index in [0.717, 1.165) is 54.6 Å². The number of hydrogen-bond donors (Lipinski definition) is 2. The van der Waals surface area contributed by atoms with Crippen molar-refractivity contribution in [2.45, 2.75) is 15.7 Å². The van der Waals surface area contributed by atoms with Crippen molar-refractivity contribution in [3.05, 3.63) is 116 Å². The molecule has 3 aliphatic rings. The van der Waals surface area contributed by atoms with Crippen molar-refractivity contribution in [2.24, 2.45) is 9.98 Å². The predicted octanol–water partition coefficient (Wildman–Crippen LogP) is 6.22. The molecule has 8 bridgehead atoms. The normalized spacial score (nSPS) is 20.2. The minimum atomic E-state index is -0.583. The van der Waals surface area contributed by atoms with E-state index in [9.17, 15) is 0 Å². The Labute approximate surface area is 236 Å². The van der Waals surface area contributed by atoms with Crippen molar-refractivity contribution in [3.63, 3.8) is 0 Å². The van der Waals surface area contributed by atoms with Crippen LogP contribution in [0.1, 0.15) is 22.5 Å². The number of aromatic nitrogens is 2. The summed E-state index contributed by atoms with van der Waals surface area (Å²) in [7, 11) is 0. The zero-order valence-electron chi connectivity index (χ0n) is 18.2. The lowest BCUT2D eigenvalue weighted by atomic mass is 10.1. The molecule has 8 heteroatoms. The molecule has 2 N–H and O–H groups in total. The quantitative estimate of drug-likeness (QED) is 0.296. The lowest BCUT2D eigenvalue weighted by molar-refractivity contribution is 0.760. The van der Waals surface area contributed by atoms with Gasteiger partial charge in [0.1, 0.15) is 3.23 Å². The van der Waals surface area contributed by atoms with Gasteiger partial charge in [0.15, 0.2) is 0 Å². The van der Waals surface area contributed by atoms with Crippen LogP contribution < -0.4 is 10.7 Å². The number of nitrogens with zero attached hydrogens (tertiary/aromatic N) is 2. The number of aromatic amines is 2. The number of benzene rings is 1. The van der Waals surface area contributed by atoms with Gasteiger partial charge in [-0.05, 0) is 91.9 Å². The molecule has 35 heavy (non-hydrogen) atoms. The fourth-order valence-corrected chi connectivity index (χ4v) is 6.39. The standard InChI is InChI=1S/C27H18Br4N4/c28-24-19-7-6-17(32-19)14-18-13-16(12-15-4-2-1-3-5-15)26(33-18)25(29)21-9-11-23(35-21)27(30,31)22-10-8-20(24)34-22/h1-11,13-14,22,33,35H,12H2. The first kappa shape index (κ1) is 23.4. The Morgan fingerprint density at radius 1 is 0.914 bits per heavy atom. The minimum Gasteiger partial charge on any atom is -0.356 e. The van der Waals surface area contributed by atoms with Gasteiger partial charge in [-0.25, -0.2) is 4.99 Å². The molecule has 3 aliphatic heterocycles. The highest BCUT2D eigenvalue weighted by atomic mass is 79.9.